The SMILES string of the molecule is Cc1cc(Nc2nc(Sc3ccc(CC(=O)C4CCCC4)cc3)nc(N3CCN(CCN(C)C)CC3)c2C)n[nH]1. The molecule has 1 aromatic carbocycles. The van der Waals surface area contributed by atoms with Crippen LogP contribution in [0.25, 0.3) is 0 Å². The molecule has 1 saturated carbocycles. The van der Waals surface area contributed by atoms with Crippen molar-refractivity contribution in [2.75, 3.05) is 63.6 Å². The van der Waals surface area contributed by atoms with Gasteiger partial charge in [0, 0.05) is 73.8 Å². The van der Waals surface area contributed by atoms with E-state index in [0.717, 1.165) is 91.3 Å². The molecule has 2 aliphatic rings. The summed E-state index contributed by atoms with van der Waals surface area (Å²) < 4.78 is 0. The average molecular weight is 563 g/mol. The molecule has 1 aliphatic heterocycles. The lowest BCUT2D eigenvalue weighted by atomic mass is 9.97. The number of H-pyrrole nitrogens is 1. The first-order valence-corrected chi connectivity index (χ1v) is 15.2. The smallest absolute Gasteiger partial charge is 0.196 e. The van der Waals surface area contributed by atoms with E-state index in [2.05, 4.69) is 75.5 Å². The third kappa shape index (κ3) is 7.41. The van der Waals surface area contributed by atoms with Gasteiger partial charge in [-0.25, -0.2) is 9.97 Å². The summed E-state index contributed by atoms with van der Waals surface area (Å²) in [5.41, 5.74) is 3.09. The van der Waals surface area contributed by atoms with Crippen molar-refractivity contribution in [3.05, 3.63) is 47.2 Å². The number of aromatic amines is 1. The predicted octanol–water partition coefficient (Wildman–Crippen LogP) is 4.70. The van der Waals surface area contributed by atoms with Crippen LogP contribution in [0.5, 0.6) is 0 Å². The topological polar surface area (TPSA) is 93.3 Å². The number of nitrogens with zero attached hydrogens (tertiary/aromatic N) is 6. The lowest BCUT2D eigenvalue weighted by Gasteiger charge is -2.36. The van der Waals surface area contributed by atoms with Crippen molar-refractivity contribution in [1.29, 1.82) is 0 Å². The number of carbonyl (C=O) groups excluding carboxylic acids is 1. The standard InChI is InChI=1S/C30H42N8OS/c1-21-19-27(35-34-21)31-28-22(2)29(38-17-15-37(16-18-38)14-13-36(3)4)33-30(32-28)40-25-11-9-23(10-12-25)20-26(39)24-7-5-6-8-24/h9-12,19,24H,5-8,13-18,20H2,1-4H3,(H2,31,32,33,34,35). The first kappa shape index (κ1) is 28.6. The van der Waals surface area contributed by atoms with Crippen LogP contribution in [0.3, 0.4) is 0 Å². The number of nitrogens with one attached hydrogen (secondary N) is 2. The van der Waals surface area contributed by atoms with Crippen molar-refractivity contribution < 1.29 is 4.79 Å². The highest BCUT2D eigenvalue weighted by atomic mass is 32.2. The van der Waals surface area contributed by atoms with Gasteiger partial charge in [0.15, 0.2) is 11.0 Å². The van der Waals surface area contributed by atoms with E-state index in [0.29, 0.717) is 17.4 Å². The second kappa shape index (κ2) is 13.1. The number of ketones is 1. The molecular weight excluding hydrogens is 520 g/mol. The summed E-state index contributed by atoms with van der Waals surface area (Å²) in [6.07, 6.45) is 5.01. The van der Waals surface area contributed by atoms with Crippen LogP contribution in [0.2, 0.25) is 0 Å². The molecule has 3 aromatic rings. The van der Waals surface area contributed by atoms with Crippen LogP contribution >= 0.6 is 11.8 Å². The Morgan fingerprint density at radius 2 is 1.80 bits per heavy atom. The summed E-state index contributed by atoms with van der Waals surface area (Å²) in [6, 6.07) is 10.3. The van der Waals surface area contributed by atoms with Crippen LogP contribution in [0.1, 0.15) is 42.5 Å². The maximum atomic E-state index is 12.6. The van der Waals surface area contributed by atoms with Crippen molar-refractivity contribution >= 4 is 35.0 Å². The van der Waals surface area contributed by atoms with Crippen molar-refractivity contribution in [1.82, 2.24) is 30.0 Å². The number of piperazine rings is 1. The largest absolute Gasteiger partial charge is 0.354 e. The van der Waals surface area contributed by atoms with Gasteiger partial charge in [-0.15, -0.1) is 0 Å². The summed E-state index contributed by atoms with van der Waals surface area (Å²) >= 11 is 1.55. The van der Waals surface area contributed by atoms with Crippen molar-refractivity contribution in [3.63, 3.8) is 0 Å². The van der Waals surface area contributed by atoms with Crippen molar-refractivity contribution in [2.45, 2.75) is 56.0 Å². The number of anilines is 3. The molecule has 0 atom stereocenters. The molecule has 2 N–H and O–H groups in total. The summed E-state index contributed by atoms with van der Waals surface area (Å²) in [5.74, 6) is 3.13. The molecule has 0 radical (unpaired) electrons. The fraction of sp³-hybridized carbons (Fsp3) is 0.533. The van der Waals surface area contributed by atoms with Gasteiger partial charge in [-0.2, -0.15) is 5.10 Å². The molecule has 1 saturated heterocycles. The Bertz CT molecular complexity index is 1280. The van der Waals surface area contributed by atoms with Crippen LogP contribution in [-0.4, -0.2) is 89.1 Å². The van der Waals surface area contributed by atoms with Crippen LogP contribution in [0, 0.1) is 19.8 Å². The first-order chi connectivity index (χ1) is 19.3. The van der Waals surface area contributed by atoms with E-state index in [4.69, 9.17) is 9.97 Å². The lowest BCUT2D eigenvalue weighted by molar-refractivity contribution is -0.122. The van der Waals surface area contributed by atoms with Gasteiger partial charge in [0.05, 0.1) is 0 Å². The maximum Gasteiger partial charge on any atom is 0.196 e. The summed E-state index contributed by atoms with van der Waals surface area (Å²) in [6.45, 7) is 10.1. The normalized spacial score (nSPS) is 16.7. The number of Topliss-reactive ketones (excluding diaryl/α,β-unsaturated/α-hetero) is 1. The fourth-order valence-electron chi connectivity index (χ4n) is 5.46. The van der Waals surface area contributed by atoms with E-state index in [1.807, 2.05) is 13.0 Å². The molecule has 40 heavy (non-hydrogen) atoms. The number of carbonyl (C=O) groups is 1. The highest BCUT2D eigenvalue weighted by molar-refractivity contribution is 7.99. The Hall–Kier alpha value is -2.95. The van der Waals surface area contributed by atoms with E-state index in [1.165, 1.54) is 12.8 Å². The Kier molecular flexibility index (Phi) is 9.39. The van der Waals surface area contributed by atoms with Gasteiger partial charge >= 0.3 is 0 Å². The third-order valence-corrected chi connectivity index (χ3v) is 8.78. The number of rotatable bonds is 11. The Morgan fingerprint density at radius 3 is 2.45 bits per heavy atom. The van der Waals surface area contributed by atoms with E-state index in [9.17, 15) is 4.79 Å². The summed E-state index contributed by atoms with van der Waals surface area (Å²) in [7, 11) is 4.25. The van der Waals surface area contributed by atoms with E-state index >= 15 is 0 Å². The zero-order valence-corrected chi connectivity index (χ0v) is 25.1. The summed E-state index contributed by atoms with van der Waals surface area (Å²) in [4.78, 5) is 30.8. The lowest BCUT2D eigenvalue weighted by Crippen LogP contribution is -2.48. The van der Waals surface area contributed by atoms with Crippen LogP contribution in [-0.2, 0) is 11.2 Å². The first-order valence-electron chi connectivity index (χ1n) is 14.4. The number of likely N-dealkylation sites (N-methyl/N-ethyl adjacent to an activating group) is 1. The molecule has 2 aromatic heterocycles. The van der Waals surface area contributed by atoms with Gasteiger partial charge in [0.1, 0.15) is 17.4 Å². The van der Waals surface area contributed by atoms with Gasteiger partial charge in [0.25, 0.3) is 0 Å². The van der Waals surface area contributed by atoms with Gasteiger partial charge in [-0.3, -0.25) is 14.8 Å². The molecular formula is C30H42N8OS. The Labute approximate surface area is 242 Å². The number of aromatic nitrogens is 4. The van der Waals surface area contributed by atoms with Crippen LogP contribution in [0.4, 0.5) is 17.5 Å². The zero-order chi connectivity index (χ0) is 28.1. The minimum atomic E-state index is 0.257. The molecule has 10 heteroatoms. The predicted molar refractivity (Wildman–Crippen MR) is 162 cm³/mol. The zero-order valence-electron chi connectivity index (χ0n) is 24.2. The van der Waals surface area contributed by atoms with Crippen molar-refractivity contribution in [2.24, 2.45) is 5.92 Å². The number of aryl methyl sites for hydroxylation is 1. The molecule has 9 nitrogen and oxygen atoms in total. The minimum absolute atomic E-state index is 0.257. The van der Waals surface area contributed by atoms with E-state index < -0.39 is 0 Å². The highest BCUT2D eigenvalue weighted by Crippen LogP contribution is 2.33. The van der Waals surface area contributed by atoms with Gasteiger partial charge < -0.3 is 15.1 Å². The van der Waals surface area contributed by atoms with Crippen LogP contribution in [0.15, 0.2) is 40.4 Å². The second-order valence-electron chi connectivity index (χ2n) is 11.4. The monoisotopic (exact) mass is 562 g/mol. The second-order valence-corrected chi connectivity index (χ2v) is 12.4. The van der Waals surface area contributed by atoms with Crippen LogP contribution < -0.4 is 10.2 Å². The molecule has 2 fully saturated rings. The molecule has 0 bridgehead atoms. The third-order valence-electron chi connectivity index (χ3n) is 7.91. The minimum Gasteiger partial charge on any atom is -0.354 e. The van der Waals surface area contributed by atoms with Gasteiger partial charge in [-0.1, -0.05) is 25.0 Å². The maximum absolute atomic E-state index is 12.6. The molecule has 5 rings (SSSR count). The van der Waals surface area contributed by atoms with E-state index in [-0.39, 0.29) is 5.92 Å². The number of benzene rings is 1. The molecule has 0 amide bonds. The number of hydrogen-bond acceptors (Lipinski definition) is 9. The van der Waals surface area contributed by atoms with E-state index in [1.54, 1.807) is 11.8 Å². The average Bonchev–Trinajstić information content (AvgIpc) is 3.63. The van der Waals surface area contributed by atoms with Crippen molar-refractivity contribution in [3.8, 4) is 0 Å². The van der Waals surface area contributed by atoms with Gasteiger partial charge in [0.2, 0.25) is 0 Å². The molecule has 3 heterocycles. The highest BCUT2D eigenvalue weighted by Gasteiger charge is 2.24. The molecule has 1 aliphatic carbocycles. The van der Waals surface area contributed by atoms with Gasteiger partial charge in [-0.05, 0) is 70.2 Å². The number of hydrogen-bond donors (Lipinski definition) is 2. The fourth-order valence-corrected chi connectivity index (χ4v) is 6.21. The molecule has 0 unspecified atom stereocenters. The molecule has 214 valence electrons. The Balaban J connectivity index is 1.32. The quantitative estimate of drug-likeness (QED) is 0.323. The summed E-state index contributed by atoms with van der Waals surface area (Å²) in [5, 5.41) is 11.5. The molecule has 0 spiro atoms. The Morgan fingerprint density at radius 1 is 1.07 bits per heavy atom.